The van der Waals surface area contributed by atoms with Gasteiger partial charge in [-0.2, -0.15) is 5.26 Å². The van der Waals surface area contributed by atoms with E-state index in [1.165, 1.54) is 23.1 Å². The minimum absolute atomic E-state index is 0.167. The van der Waals surface area contributed by atoms with Crippen molar-refractivity contribution >= 4 is 50.6 Å². The lowest BCUT2D eigenvalue weighted by atomic mass is 10.2. The number of aromatic nitrogens is 3. The number of hydrogen-bond acceptors (Lipinski definition) is 6. The van der Waals surface area contributed by atoms with E-state index in [-0.39, 0.29) is 5.91 Å². The number of aryl methyl sites for hydroxylation is 1. The highest BCUT2D eigenvalue weighted by atomic mass is 32.2. The van der Waals surface area contributed by atoms with Gasteiger partial charge in [0.05, 0.1) is 16.3 Å². The van der Waals surface area contributed by atoms with Gasteiger partial charge in [0, 0.05) is 4.88 Å². The predicted octanol–water partition coefficient (Wildman–Crippen LogP) is 4.55. The summed E-state index contributed by atoms with van der Waals surface area (Å²) in [4.78, 5) is 13.8. The summed E-state index contributed by atoms with van der Waals surface area (Å²) in [5.41, 5.74) is 3.19. The maximum absolute atomic E-state index is 12.7. The first-order chi connectivity index (χ1) is 13.5. The topological polar surface area (TPSA) is 83.1 Å². The third-order valence-electron chi connectivity index (χ3n) is 4.63. The van der Waals surface area contributed by atoms with Crippen LogP contribution in [-0.2, 0) is 4.79 Å². The van der Waals surface area contributed by atoms with Crippen molar-refractivity contribution in [2.75, 3.05) is 5.32 Å². The van der Waals surface area contributed by atoms with Crippen LogP contribution < -0.4 is 5.32 Å². The molecule has 1 N–H and O–H groups in total. The van der Waals surface area contributed by atoms with Crippen LogP contribution in [0.25, 0.3) is 16.6 Å². The zero-order valence-electron chi connectivity index (χ0n) is 15.6. The number of benzene rings is 1. The van der Waals surface area contributed by atoms with Crippen LogP contribution >= 0.6 is 23.1 Å². The normalized spacial score (nSPS) is 12.2. The lowest BCUT2D eigenvalue weighted by molar-refractivity contribution is -0.115. The molecule has 4 rings (SSSR count). The van der Waals surface area contributed by atoms with Crippen LogP contribution in [0.5, 0.6) is 0 Å². The van der Waals surface area contributed by atoms with Crippen molar-refractivity contribution in [3.05, 3.63) is 52.4 Å². The number of carbonyl (C=O) groups excluding carboxylic acids is 1. The smallest absolute Gasteiger partial charge is 0.238 e. The van der Waals surface area contributed by atoms with Gasteiger partial charge < -0.3 is 5.32 Å². The van der Waals surface area contributed by atoms with Gasteiger partial charge in [0.25, 0.3) is 0 Å². The average Bonchev–Trinajstić information content (AvgIpc) is 3.22. The van der Waals surface area contributed by atoms with Gasteiger partial charge >= 0.3 is 0 Å². The summed E-state index contributed by atoms with van der Waals surface area (Å²) < 4.78 is 1.96. The second kappa shape index (κ2) is 7.26. The Morgan fingerprint density at radius 2 is 2.04 bits per heavy atom. The molecule has 0 saturated carbocycles. The van der Waals surface area contributed by atoms with E-state index in [9.17, 15) is 10.1 Å². The summed E-state index contributed by atoms with van der Waals surface area (Å²) in [6, 6.07) is 14.1. The first kappa shape index (κ1) is 18.5. The van der Waals surface area contributed by atoms with Crippen molar-refractivity contribution < 1.29 is 4.79 Å². The fourth-order valence-corrected chi connectivity index (χ4v) is 4.84. The molecule has 0 fully saturated rings. The molecule has 1 atom stereocenters. The Bertz CT molecular complexity index is 1250. The number of fused-ring (bicyclic) bond motifs is 3. The molecular weight excluding hydrogens is 390 g/mol. The SMILES string of the molecule is Cc1sc(NC(=O)C(C)Sc2nnc3ccc4ccccc4n23)c(C#N)c1C. The number of thioether (sulfide) groups is 1. The summed E-state index contributed by atoms with van der Waals surface area (Å²) >= 11 is 2.77. The number of carbonyl (C=O) groups is 1. The molecule has 4 aromatic rings. The fraction of sp³-hybridized carbons (Fsp3) is 0.200. The Labute approximate surface area is 170 Å². The summed E-state index contributed by atoms with van der Waals surface area (Å²) in [6.45, 7) is 5.67. The summed E-state index contributed by atoms with van der Waals surface area (Å²) in [6.07, 6.45) is 0. The standard InChI is InChI=1S/C20H17N5OS2/c1-11-12(2)27-19(15(11)10-21)22-18(26)13(3)28-20-24-23-17-9-8-14-6-4-5-7-16(14)25(17)20/h4-9,13H,1-3H3,(H,22,26). The van der Waals surface area contributed by atoms with Crippen LogP contribution in [0.4, 0.5) is 5.00 Å². The molecule has 0 saturated heterocycles. The van der Waals surface area contributed by atoms with E-state index >= 15 is 0 Å². The fourth-order valence-electron chi connectivity index (χ4n) is 2.96. The second-order valence-corrected chi connectivity index (χ2v) is 8.95. The number of pyridine rings is 1. The third-order valence-corrected chi connectivity index (χ3v) is 6.80. The van der Waals surface area contributed by atoms with Crippen molar-refractivity contribution in [3.63, 3.8) is 0 Å². The molecule has 0 bridgehead atoms. The van der Waals surface area contributed by atoms with E-state index < -0.39 is 5.25 Å². The molecule has 28 heavy (non-hydrogen) atoms. The Morgan fingerprint density at radius 3 is 2.82 bits per heavy atom. The largest absolute Gasteiger partial charge is 0.316 e. The lowest BCUT2D eigenvalue weighted by Gasteiger charge is -2.11. The Balaban J connectivity index is 1.61. The highest BCUT2D eigenvalue weighted by molar-refractivity contribution is 8.00. The molecule has 0 spiro atoms. The van der Waals surface area contributed by atoms with E-state index in [2.05, 4.69) is 21.6 Å². The van der Waals surface area contributed by atoms with Crippen LogP contribution in [0.1, 0.15) is 22.9 Å². The van der Waals surface area contributed by atoms with Crippen LogP contribution in [0, 0.1) is 25.2 Å². The Morgan fingerprint density at radius 1 is 1.25 bits per heavy atom. The van der Waals surface area contributed by atoms with Crippen LogP contribution in [-0.4, -0.2) is 25.8 Å². The van der Waals surface area contributed by atoms with Gasteiger partial charge in [-0.05, 0) is 49.9 Å². The van der Waals surface area contributed by atoms with Crippen molar-refractivity contribution in [1.82, 2.24) is 14.6 Å². The van der Waals surface area contributed by atoms with Crippen molar-refractivity contribution in [2.24, 2.45) is 0 Å². The first-order valence-electron chi connectivity index (χ1n) is 8.70. The molecule has 0 aliphatic rings. The van der Waals surface area contributed by atoms with Crippen LogP contribution in [0.3, 0.4) is 0 Å². The molecule has 0 aliphatic carbocycles. The molecule has 0 radical (unpaired) electrons. The predicted molar refractivity (Wildman–Crippen MR) is 113 cm³/mol. The van der Waals surface area contributed by atoms with Crippen molar-refractivity contribution in [3.8, 4) is 6.07 Å². The minimum atomic E-state index is -0.402. The molecule has 1 aromatic carbocycles. The van der Waals surface area contributed by atoms with E-state index in [1.807, 2.05) is 61.6 Å². The van der Waals surface area contributed by atoms with E-state index in [1.54, 1.807) is 0 Å². The number of hydrogen-bond donors (Lipinski definition) is 1. The molecular formula is C20H17N5OS2. The van der Waals surface area contributed by atoms with E-state index in [0.29, 0.717) is 15.7 Å². The van der Waals surface area contributed by atoms with Gasteiger partial charge in [-0.3, -0.25) is 9.20 Å². The number of anilines is 1. The van der Waals surface area contributed by atoms with Gasteiger partial charge in [0.1, 0.15) is 11.1 Å². The molecule has 140 valence electrons. The molecule has 3 heterocycles. The Hall–Kier alpha value is -2.89. The van der Waals surface area contributed by atoms with E-state index in [4.69, 9.17) is 0 Å². The number of nitrogens with zero attached hydrogens (tertiary/aromatic N) is 4. The second-order valence-electron chi connectivity index (χ2n) is 6.42. The summed E-state index contributed by atoms with van der Waals surface area (Å²) in [5.74, 6) is -0.167. The number of nitrogens with one attached hydrogen (secondary N) is 1. The van der Waals surface area contributed by atoms with Crippen molar-refractivity contribution in [2.45, 2.75) is 31.2 Å². The first-order valence-corrected chi connectivity index (χ1v) is 10.4. The highest BCUT2D eigenvalue weighted by Gasteiger charge is 2.21. The number of amides is 1. The van der Waals surface area contributed by atoms with Gasteiger partial charge in [-0.1, -0.05) is 30.0 Å². The maximum Gasteiger partial charge on any atom is 0.238 e. The number of thiophene rings is 1. The van der Waals surface area contributed by atoms with E-state index in [0.717, 1.165) is 27.0 Å². The molecule has 0 aliphatic heterocycles. The van der Waals surface area contributed by atoms with Crippen LogP contribution in [0.15, 0.2) is 41.6 Å². The number of para-hydroxylation sites is 1. The zero-order valence-corrected chi connectivity index (χ0v) is 17.2. The monoisotopic (exact) mass is 407 g/mol. The third kappa shape index (κ3) is 3.13. The molecule has 1 amide bonds. The molecule has 1 unspecified atom stereocenters. The number of rotatable bonds is 4. The zero-order chi connectivity index (χ0) is 19.8. The summed E-state index contributed by atoms with van der Waals surface area (Å²) in [7, 11) is 0. The van der Waals surface area contributed by atoms with Gasteiger partial charge in [-0.25, -0.2) is 0 Å². The number of nitriles is 1. The quantitative estimate of drug-likeness (QED) is 0.502. The highest BCUT2D eigenvalue weighted by Crippen LogP contribution is 2.33. The molecule has 8 heteroatoms. The van der Waals surface area contributed by atoms with Gasteiger partial charge in [0.15, 0.2) is 10.8 Å². The van der Waals surface area contributed by atoms with Gasteiger partial charge in [0.2, 0.25) is 5.91 Å². The van der Waals surface area contributed by atoms with Crippen LogP contribution in [0.2, 0.25) is 0 Å². The van der Waals surface area contributed by atoms with Gasteiger partial charge in [-0.15, -0.1) is 21.5 Å². The Kier molecular flexibility index (Phi) is 4.79. The minimum Gasteiger partial charge on any atom is -0.316 e. The summed E-state index contributed by atoms with van der Waals surface area (Å²) in [5, 5.41) is 22.7. The molecule has 6 nitrogen and oxygen atoms in total. The average molecular weight is 408 g/mol. The maximum atomic E-state index is 12.7. The molecule has 3 aromatic heterocycles. The lowest BCUT2D eigenvalue weighted by Crippen LogP contribution is -2.22. The van der Waals surface area contributed by atoms with Crippen molar-refractivity contribution in [1.29, 1.82) is 5.26 Å².